The number of benzene rings is 1. The topological polar surface area (TPSA) is 72.5 Å². The predicted molar refractivity (Wildman–Crippen MR) is 73.4 cm³/mol. The third-order valence-electron chi connectivity index (χ3n) is 4.19. The maximum atomic E-state index is 11.0. The van der Waals surface area contributed by atoms with Crippen molar-refractivity contribution in [2.45, 2.75) is 33.2 Å². The molecule has 3 atom stereocenters. The number of carboxylic acids is 1. The number of aliphatic carboxylic acids is 1. The molecule has 0 bridgehead atoms. The van der Waals surface area contributed by atoms with Gasteiger partial charge in [0.25, 0.3) is 0 Å². The third-order valence-corrected chi connectivity index (χ3v) is 4.19. The normalized spacial score (nSPS) is 23.0. The summed E-state index contributed by atoms with van der Waals surface area (Å²) in [5.74, 6) is -0.227. The Morgan fingerprint density at radius 2 is 2.05 bits per heavy atom. The summed E-state index contributed by atoms with van der Waals surface area (Å²) in [6.45, 7) is 6.05. The molecule has 0 radical (unpaired) electrons. The van der Waals surface area contributed by atoms with E-state index < -0.39 is 5.97 Å². The number of hydrogen-bond donors (Lipinski definition) is 2. The lowest BCUT2D eigenvalue weighted by molar-refractivity contribution is -0.138. The second-order valence-electron chi connectivity index (χ2n) is 5.45. The average molecular weight is 263 g/mol. The summed E-state index contributed by atoms with van der Waals surface area (Å²) in [5, 5.41) is 9.03. The van der Waals surface area contributed by atoms with E-state index in [4.69, 9.17) is 15.6 Å². The molecular weight excluding hydrogens is 242 g/mol. The van der Waals surface area contributed by atoms with E-state index in [1.54, 1.807) is 7.11 Å². The predicted octanol–water partition coefficient (Wildman–Crippen LogP) is 2.34. The van der Waals surface area contributed by atoms with Gasteiger partial charge in [-0.1, -0.05) is 6.07 Å². The molecule has 3 N–H and O–H groups in total. The van der Waals surface area contributed by atoms with Gasteiger partial charge in [0.05, 0.1) is 13.0 Å². The van der Waals surface area contributed by atoms with Gasteiger partial charge in [-0.25, -0.2) is 0 Å². The molecule has 3 unspecified atom stereocenters. The Morgan fingerprint density at radius 1 is 1.42 bits per heavy atom. The molecule has 0 spiro atoms. The lowest BCUT2D eigenvalue weighted by Crippen LogP contribution is -2.18. The minimum atomic E-state index is -0.749. The number of aryl methyl sites for hydroxylation is 2. The minimum Gasteiger partial charge on any atom is -0.496 e. The summed E-state index contributed by atoms with van der Waals surface area (Å²) in [5.41, 5.74) is 10.5. The molecule has 1 aromatic carbocycles. The molecule has 4 heteroatoms. The van der Waals surface area contributed by atoms with Crippen LogP contribution in [0.15, 0.2) is 6.07 Å². The smallest absolute Gasteiger partial charge is 0.306 e. The van der Waals surface area contributed by atoms with Gasteiger partial charge in [0.2, 0.25) is 0 Å². The second-order valence-corrected chi connectivity index (χ2v) is 5.45. The first-order chi connectivity index (χ1) is 8.88. The fourth-order valence-electron chi connectivity index (χ4n) is 2.86. The van der Waals surface area contributed by atoms with Crippen LogP contribution in [0.5, 0.6) is 5.75 Å². The highest BCUT2D eigenvalue weighted by Crippen LogP contribution is 2.49. The zero-order chi connectivity index (χ0) is 14.3. The van der Waals surface area contributed by atoms with Crippen LogP contribution in [0.1, 0.15) is 34.7 Å². The number of nitrogens with two attached hydrogens (primary N) is 1. The van der Waals surface area contributed by atoms with Crippen molar-refractivity contribution in [3.63, 3.8) is 0 Å². The molecular formula is C15H21NO3. The highest BCUT2D eigenvalue weighted by Gasteiger charge is 2.48. The van der Waals surface area contributed by atoms with E-state index in [1.807, 2.05) is 20.8 Å². The van der Waals surface area contributed by atoms with Gasteiger partial charge in [0, 0.05) is 11.6 Å². The van der Waals surface area contributed by atoms with Crippen molar-refractivity contribution < 1.29 is 14.6 Å². The zero-order valence-corrected chi connectivity index (χ0v) is 11.9. The Labute approximate surface area is 113 Å². The van der Waals surface area contributed by atoms with Gasteiger partial charge in [0.15, 0.2) is 0 Å². The number of carbonyl (C=O) groups is 1. The maximum absolute atomic E-state index is 11.0. The monoisotopic (exact) mass is 263 g/mol. The SMILES string of the molecule is COc1c(C)c(C)cc(C)c1C(N)C1CC1C(=O)O. The summed E-state index contributed by atoms with van der Waals surface area (Å²) < 4.78 is 5.51. The Morgan fingerprint density at radius 3 is 2.53 bits per heavy atom. The van der Waals surface area contributed by atoms with Gasteiger partial charge >= 0.3 is 5.97 Å². The van der Waals surface area contributed by atoms with Gasteiger partial charge < -0.3 is 15.6 Å². The summed E-state index contributed by atoms with van der Waals surface area (Å²) in [7, 11) is 1.64. The van der Waals surface area contributed by atoms with Gasteiger partial charge in [-0.05, 0) is 49.8 Å². The average Bonchev–Trinajstić information content (AvgIpc) is 3.12. The van der Waals surface area contributed by atoms with Crippen molar-refractivity contribution in [1.29, 1.82) is 0 Å². The highest BCUT2D eigenvalue weighted by molar-refractivity contribution is 5.74. The first-order valence-electron chi connectivity index (χ1n) is 6.51. The van der Waals surface area contributed by atoms with Gasteiger partial charge in [-0.15, -0.1) is 0 Å². The van der Waals surface area contributed by atoms with Crippen LogP contribution in [-0.4, -0.2) is 18.2 Å². The van der Waals surface area contributed by atoms with Crippen molar-refractivity contribution in [2.24, 2.45) is 17.6 Å². The van der Waals surface area contributed by atoms with Crippen LogP contribution in [0.3, 0.4) is 0 Å². The number of methoxy groups -OCH3 is 1. The summed E-state index contributed by atoms with van der Waals surface area (Å²) >= 11 is 0. The number of rotatable bonds is 4. The lowest BCUT2D eigenvalue weighted by atomic mass is 9.91. The van der Waals surface area contributed by atoms with E-state index >= 15 is 0 Å². The summed E-state index contributed by atoms with van der Waals surface area (Å²) in [4.78, 5) is 11.0. The van der Waals surface area contributed by atoms with Crippen molar-refractivity contribution in [2.75, 3.05) is 7.11 Å². The molecule has 0 aromatic heterocycles. The Balaban J connectivity index is 2.40. The minimum absolute atomic E-state index is 0.0206. The van der Waals surface area contributed by atoms with E-state index in [0.29, 0.717) is 6.42 Å². The van der Waals surface area contributed by atoms with Gasteiger partial charge in [-0.2, -0.15) is 0 Å². The van der Waals surface area contributed by atoms with E-state index in [-0.39, 0.29) is 17.9 Å². The van der Waals surface area contributed by atoms with Gasteiger partial charge in [-0.3, -0.25) is 4.79 Å². The largest absolute Gasteiger partial charge is 0.496 e. The van der Waals surface area contributed by atoms with Crippen LogP contribution in [0, 0.1) is 32.6 Å². The van der Waals surface area contributed by atoms with E-state index in [2.05, 4.69) is 6.07 Å². The molecule has 0 aliphatic heterocycles. The molecule has 4 nitrogen and oxygen atoms in total. The van der Waals surface area contributed by atoms with Crippen LogP contribution >= 0.6 is 0 Å². The highest BCUT2D eigenvalue weighted by atomic mass is 16.5. The van der Waals surface area contributed by atoms with Crippen molar-refractivity contribution in [1.82, 2.24) is 0 Å². The molecule has 1 aliphatic rings. The fourth-order valence-corrected chi connectivity index (χ4v) is 2.86. The quantitative estimate of drug-likeness (QED) is 0.874. The van der Waals surface area contributed by atoms with E-state index in [9.17, 15) is 4.79 Å². The fraction of sp³-hybridized carbons (Fsp3) is 0.533. The molecule has 0 heterocycles. The Bertz CT molecular complexity index is 525. The molecule has 1 fully saturated rings. The first kappa shape index (κ1) is 13.9. The van der Waals surface area contributed by atoms with E-state index in [0.717, 1.165) is 28.0 Å². The first-order valence-corrected chi connectivity index (χ1v) is 6.51. The molecule has 0 saturated heterocycles. The van der Waals surface area contributed by atoms with Crippen LogP contribution in [0.4, 0.5) is 0 Å². The molecule has 0 amide bonds. The number of hydrogen-bond acceptors (Lipinski definition) is 3. The van der Waals surface area contributed by atoms with Crippen LogP contribution < -0.4 is 10.5 Å². The number of carboxylic acid groups (broad SMARTS) is 1. The second kappa shape index (κ2) is 4.85. The standard InChI is InChI=1S/C15H21NO3/c1-7-5-8(2)12(14(19-4)9(7)3)13(16)10-6-11(10)15(17)18/h5,10-11,13H,6,16H2,1-4H3,(H,17,18). The molecule has 1 saturated carbocycles. The molecule has 104 valence electrons. The molecule has 1 aromatic rings. The van der Waals surface area contributed by atoms with Crippen molar-refractivity contribution in [3.8, 4) is 5.75 Å². The van der Waals surface area contributed by atoms with E-state index in [1.165, 1.54) is 0 Å². The van der Waals surface area contributed by atoms with Gasteiger partial charge in [0.1, 0.15) is 5.75 Å². The lowest BCUT2D eigenvalue weighted by Gasteiger charge is -2.21. The summed E-state index contributed by atoms with van der Waals surface area (Å²) in [6, 6.07) is 1.82. The number of ether oxygens (including phenoxy) is 1. The third kappa shape index (κ3) is 2.32. The zero-order valence-electron chi connectivity index (χ0n) is 11.9. The van der Waals surface area contributed by atoms with Crippen molar-refractivity contribution >= 4 is 5.97 Å². The maximum Gasteiger partial charge on any atom is 0.306 e. The summed E-state index contributed by atoms with van der Waals surface area (Å²) in [6.07, 6.45) is 0.659. The van der Waals surface area contributed by atoms with Crippen molar-refractivity contribution in [3.05, 3.63) is 28.3 Å². The molecule has 1 aliphatic carbocycles. The Hall–Kier alpha value is -1.55. The Kier molecular flexibility index (Phi) is 3.54. The van der Waals surface area contributed by atoms with Crippen LogP contribution in [0.2, 0.25) is 0 Å². The molecule has 2 rings (SSSR count). The van der Waals surface area contributed by atoms with Crippen LogP contribution in [0.25, 0.3) is 0 Å². The molecule has 19 heavy (non-hydrogen) atoms. The van der Waals surface area contributed by atoms with Crippen LogP contribution in [-0.2, 0) is 4.79 Å².